The summed E-state index contributed by atoms with van der Waals surface area (Å²) in [6, 6.07) is 0. The van der Waals surface area contributed by atoms with Gasteiger partial charge in [0.1, 0.15) is 0 Å². The van der Waals surface area contributed by atoms with Crippen molar-refractivity contribution in [3.8, 4) is 0 Å². The van der Waals surface area contributed by atoms with Gasteiger partial charge in [-0.15, -0.1) is 5.10 Å². The first-order valence-electron chi connectivity index (χ1n) is 3.97. The Morgan fingerprint density at radius 3 is 2.86 bits per heavy atom. The van der Waals surface area contributed by atoms with E-state index in [4.69, 9.17) is 5.11 Å². The van der Waals surface area contributed by atoms with Gasteiger partial charge in [-0.2, -0.15) is 0 Å². The Morgan fingerprint density at radius 1 is 1.64 bits per heavy atom. The normalized spacial score (nSPS) is 9.79. The van der Waals surface area contributed by atoms with E-state index in [1.54, 1.807) is 0 Å². The second-order valence-corrected chi connectivity index (χ2v) is 2.60. The number of aromatic nitrogens is 3. The van der Waals surface area contributed by atoms with Crippen LogP contribution in [0.2, 0.25) is 0 Å². The molecule has 14 heavy (non-hydrogen) atoms. The van der Waals surface area contributed by atoms with Gasteiger partial charge in [-0.3, -0.25) is 9.48 Å². The number of carbonyl (C=O) groups is 2. The molecule has 76 valence electrons. The lowest BCUT2D eigenvalue weighted by Gasteiger charge is -1.98. The Morgan fingerprint density at radius 2 is 2.36 bits per heavy atom. The topological polar surface area (TPSA) is 97.1 Å². The van der Waals surface area contributed by atoms with Crippen molar-refractivity contribution in [1.82, 2.24) is 20.3 Å². The van der Waals surface area contributed by atoms with E-state index in [0.717, 1.165) is 0 Å². The van der Waals surface area contributed by atoms with Crippen molar-refractivity contribution in [1.29, 1.82) is 0 Å². The van der Waals surface area contributed by atoms with Gasteiger partial charge in [0.05, 0.1) is 12.7 Å². The number of aryl methyl sites for hydroxylation is 1. The zero-order chi connectivity index (χ0) is 10.6. The van der Waals surface area contributed by atoms with Gasteiger partial charge in [-0.25, -0.2) is 4.79 Å². The Labute approximate surface area is 79.7 Å². The molecule has 7 nitrogen and oxygen atoms in total. The summed E-state index contributed by atoms with van der Waals surface area (Å²) in [5, 5.41) is 17.9. The maximum absolute atomic E-state index is 10.8. The Hall–Kier alpha value is -1.92. The SMILES string of the molecule is CNC(=O)CCn1cc(C(=O)O)nn1. The van der Waals surface area contributed by atoms with Gasteiger partial charge in [0.15, 0.2) is 5.69 Å². The summed E-state index contributed by atoms with van der Waals surface area (Å²) in [7, 11) is 1.53. The number of nitrogens with zero attached hydrogens (tertiary/aromatic N) is 3. The van der Waals surface area contributed by atoms with Crippen molar-refractivity contribution in [3.05, 3.63) is 11.9 Å². The average Bonchev–Trinajstić information content (AvgIpc) is 2.62. The van der Waals surface area contributed by atoms with Crippen LogP contribution in [0.4, 0.5) is 0 Å². The van der Waals surface area contributed by atoms with Gasteiger partial charge in [-0.05, 0) is 0 Å². The molecule has 0 aliphatic carbocycles. The predicted octanol–water partition coefficient (Wildman–Crippen LogP) is -0.888. The van der Waals surface area contributed by atoms with E-state index in [1.807, 2.05) is 0 Å². The van der Waals surface area contributed by atoms with Crippen LogP contribution in [0.3, 0.4) is 0 Å². The lowest BCUT2D eigenvalue weighted by atomic mass is 10.4. The van der Waals surface area contributed by atoms with Crippen molar-refractivity contribution < 1.29 is 14.7 Å². The second-order valence-electron chi connectivity index (χ2n) is 2.60. The molecule has 0 fully saturated rings. The first-order chi connectivity index (χ1) is 6.63. The quantitative estimate of drug-likeness (QED) is 0.654. The first-order valence-corrected chi connectivity index (χ1v) is 3.97. The third kappa shape index (κ3) is 2.54. The molecule has 1 aromatic rings. The highest BCUT2D eigenvalue weighted by atomic mass is 16.4. The summed E-state index contributed by atoms with van der Waals surface area (Å²) in [6.07, 6.45) is 1.53. The number of hydrogen-bond donors (Lipinski definition) is 2. The molecular formula is C7H10N4O3. The second kappa shape index (κ2) is 4.35. The van der Waals surface area contributed by atoms with E-state index < -0.39 is 5.97 Å². The fourth-order valence-corrected chi connectivity index (χ4v) is 0.847. The number of amides is 1. The molecule has 1 rings (SSSR count). The number of rotatable bonds is 4. The summed E-state index contributed by atoms with van der Waals surface area (Å²) in [4.78, 5) is 21.3. The first kappa shape index (κ1) is 10.2. The van der Waals surface area contributed by atoms with Crippen LogP contribution in [0.5, 0.6) is 0 Å². The van der Waals surface area contributed by atoms with Crippen LogP contribution in [-0.4, -0.2) is 39.0 Å². The standard InChI is InChI=1S/C7H10N4O3/c1-8-6(12)2-3-11-4-5(7(13)14)9-10-11/h4H,2-3H2,1H3,(H,8,12)(H,13,14). The van der Waals surface area contributed by atoms with E-state index >= 15 is 0 Å². The lowest BCUT2D eigenvalue weighted by molar-refractivity contribution is -0.120. The van der Waals surface area contributed by atoms with Gasteiger partial charge in [0.25, 0.3) is 0 Å². The number of aromatic carboxylic acids is 1. The Balaban J connectivity index is 2.52. The van der Waals surface area contributed by atoms with Crippen molar-refractivity contribution >= 4 is 11.9 Å². The summed E-state index contributed by atoms with van der Waals surface area (Å²) in [5.41, 5.74) is -0.123. The zero-order valence-corrected chi connectivity index (χ0v) is 7.60. The summed E-state index contributed by atoms with van der Waals surface area (Å²) >= 11 is 0. The third-order valence-electron chi connectivity index (χ3n) is 1.60. The van der Waals surface area contributed by atoms with Crippen LogP contribution in [0, 0.1) is 0 Å². The summed E-state index contributed by atoms with van der Waals surface area (Å²) in [6.45, 7) is 0.319. The van der Waals surface area contributed by atoms with Crippen LogP contribution in [0.1, 0.15) is 16.9 Å². The van der Waals surface area contributed by atoms with Crippen molar-refractivity contribution in [2.45, 2.75) is 13.0 Å². The Bertz CT molecular complexity index is 346. The Kier molecular flexibility index (Phi) is 3.16. The molecule has 0 spiro atoms. The molecule has 0 saturated heterocycles. The van der Waals surface area contributed by atoms with Crippen molar-refractivity contribution in [3.63, 3.8) is 0 Å². The molecule has 0 unspecified atom stereocenters. The average molecular weight is 198 g/mol. The van der Waals surface area contributed by atoms with Gasteiger partial charge in [0, 0.05) is 13.5 Å². The van der Waals surface area contributed by atoms with E-state index in [9.17, 15) is 9.59 Å². The van der Waals surface area contributed by atoms with Crippen LogP contribution in [0.15, 0.2) is 6.20 Å². The van der Waals surface area contributed by atoms with Gasteiger partial charge >= 0.3 is 5.97 Å². The zero-order valence-electron chi connectivity index (χ0n) is 7.60. The minimum Gasteiger partial charge on any atom is -0.476 e. The van der Waals surface area contributed by atoms with Crippen LogP contribution < -0.4 is 5.32 Å². The molecule has 2 N–H and O–H groups in total. The molecule has 7 heteroatoms. The molecule has 0 aromatic carbocycles. The van der Waals surface area contributed by atoms with Crippen molar-refractivity contribution in [2.75, 3.05) is 7.05 Å². The highest BCUT2D eigenvalue weighted by Gasteiger charge is 2.08. The number of carbonyl (C=O) groups excluding carboxylic acids is 1. The minimum atomic E-state index is -1.13. The summed E-state index contributed by atoms with van der Waals surface area (Å²) < 4.78 is 1.32. The summed E-state index contributed by atoms with van der Waals surface area (Å²) in [5.74, 6) is -1.26. The van der Waals surface area contributed by atoms with Crippen LogP contribution >= 0.6 is 0 Å². The maximum Gasteiger partial charge on any atom is 0.358 e. The number of nitrogens with one attached hydrogen (secondary N) is 1. The molecule has 0 aliphatic heterocycles. The number of carboxylic acid groups (broad SMARTS) is 1. The smallest absolute Gasteiger partial charge is 0.358 e. The molecule has 0 atom stereocenters. The highest BCUT2D eigenvalue weighted by molar-refractivity contribution is 5.84. The largest absolute Gasteiger partial charge is 0.476 e. The lowest BCUT2D eigenvalue weighted by Crippen LogP contribution is -2.19. The maximum atomic E-state index is 10.8. The fourth-order valence-electron chi connectivity index (χ4n) is 0.847. The molecule has 0 bridgehead atoms. The van der Waals surface area contributed by atoms with E-state index in [0.29, 0.717) is 6.54 Å². The van der Waals surface area contributed by atoms with Crippen LogP contribution in [0.25, 0.3) is 0 Å². The molecule has 0 aliphatic rings. The van der Waals surface area contributed by atoms with Gasteiger partial charge in [-0.1, -0.05) is 5.21 Å². The third-order valence-corrected chi connectivity index (χ3v) is 1.60. The van der Waals surface area contributed by atoms with Crippen molar-refractivity contribution in [2.24, 2.45) is 0 Å². The number of hydrogen-bond acceptors (Lipinski definition) is 4. The highest BCUT2D eigenvalue weighted by Crippen LogP contribution is 1.94. The van der Waals surface area contributed by atoms with E-state index in [2.05, 4.69) is 15.6 Å². The monoisotopic (exact) mass is 198 g/mol. The van der Waals surface area contributed by atoms with Crippen LogP contribution in [-0.2, 0) is 11.3 Å². The molecule has 0 saturated carbocycles. The predicted molar refractivity (Wildman–Crippen MR) is 45.7 cm³/mol. The van der Waals surface area contributed by atoms with E-state index in [-0.39, 0.29) is 18.0 Å². The fraction of sp³-hybridized carbons (Fsp3) is 0.429. The molecule has 1 heterocycles. The van der Waals surface area contributed by atoms with Gasteiger partial charge < -0.3 is 10.4 Å². The molecule has 1 amide bonds. The number of carboxylic acids is 1. The molecule has 0 radical (unpaired) electrons. The van der Waals surface area contributed by atoms with E-state index in [1.165, 1.54) is 17.9 Å². The molecular weight excluding hydrogens is 188 g/mol. The minimum absolute atomic E-state index is 0.123. The molecule has 1 aromatic heterocycles. The van der Waals surface area contributed by atoms with Gasteiger partial charge in [0.2, 0.25) is 5.91 Å².